The van der Waals surface area contributed by atoms with Gasteiger partial charge in [0.15, 0.2) is 18.2 Å². The number of rotatable bonds is 9. The summed E-state index contributed by atoms with van der Waals surface area (Å²) >= 11 is 0. The third-order valence-corrected chi connectivity index (χ3v) is 6.35. The van der Waals surface area contributed by atoms with Crippen LogP contribution in [0.25, 0.3) is 11.3 Å². The summed E-state index contributed by atoms with van der Waals surface area (Å²) in [5.41, 5.74) is 2.78. The van der Waals surface area contributed by atoms with Gasteiger partial charge >= 0.3 is 6.09 Å². The van der Waals surface area contributed by atoms with Crippen LogP contribution in [0.4, 0.5) is 16.4 Å². The van der Waals surface area contributed by atoms with Crippen LogP contribution in [-0.4, -0.2) is 72.3 Å². The highest BCUT2D eigenvalue weighted by Gasteiger charge is 2.33. The Hall–Kier alpha value is -4.29. The summed E-state index contributed by atoms with van der Waals surface area (Å²) in [6.07, 6.45) is 1.58. The number of cyclic esters (lactones) is 1. The number of aromatic nitrogens is 3. The van der Waals surface area contributed by atoms with E-state index in [0.717, 1.165) is 16.8 Å². The lowest BCUT2D eigenvalue weighted by Gasteiger charge is -2.26. The molecule has 0 spiro atoms. The summed E-state index contributed by atoms with van der Waals surface area (Å²) < 4.78 is 21.8. The molecule has 12 nitrogen and oxygen atoms in total. The summed E-state index contributed by atoms with van der Waals surface area (Å²) in [6.45, 7) is 2.82. The third kappa shape index (κ3) is 5.36. The Labute approximate surface area is 218 Å². The molecule has 2 aromatic heterocycles. The molecule has 2 saturated heterocycles. The molecular formula is C26H26N6O6. The van der Waals surface area contributed by atoms with E-state index >= 15 is 0 Å². The average Bonchev–Trinajstić information content (AvgIpc) is 3.29. The number of pyridine rings is 1. The second-order valence-corrected chi connectivity index (χ2v) is 9.19. The molecule has 0 aliphatic carbocycles. The highest BCUT2D eigenvalue weighted by Crippen LogP contribution is 2.30. The smallest absolute Gasteiger partial charge is 0.415 e. The lowest BCUT2D eigenvalue weighted by molar-refractivity contribution is -0.118. The zero-order chi connectivity index (χ0) is 25.9. The zero-order valence-corrected chi connectivity index (χ0v) is 20.5. The number of nitrogens with zero attached hydrogens (tertiary/aromatic N) is 4. The van der Waals surface area contributed by atoms with E-state index in [4.69, 9.17) is 18.9 Å². The molecule has 0 radical (unpaired) electrons. The first-order valence-electron chi connectivity index (χ1n) is 12.4. The molecule has 0 unspecified atom stereocenters. The van der Waals surface area contributed by atoms with Crippen LogP contribution in [0.3, 0.4) is 0 Å². The van der Waals surface area contributed by atoms with Gasteiger partial charge in [-0.2, -0.15) is 10.2 Å². The Kier molecular flexibility index (Phi) is 6.71. The van der Waals surface area contributed by atoms with Crippen molar-refractivity contribution in [3.8, 4) is 22.8 Å². The standard InChI is InChI=1S/C26H26N6O6/c33-24-15-36-22-4-5-23(29-25(22)30-24)32-12-18(38-26(32)34)6-7-27-10-16-2-1-3-17(8-16)21-9-19(11-28-31-21)37-20-13-35-14-20/h1-5,8-9,11,18,20,27H,6-7,10,12-15H2,(H,29,30,33)/t18-/m0/s1. The van der Waals surface area contributed by atoms with Crippen LogP contribution in [0, 0.1) is 0 Å². The summed E-state index contributed by atoms with van der Waals surface area (Å²) in [4.78, 5) is 29.8. The molecule has 0 bridgehead atoms. The Morgan fingerprint density at radius 3 is 2.95 bits per heavy atom. The molecule has 2 N–H and O–H groups in total. The monoisotopic (exact) mass is 518 g/mol. The third-order valence-electron chi connectivity index (χ3n) is 6.35. The maximum atomic E-state index is 12.4. The summed E-state index contributed by atoms with van der Waals surface area (Å²) in [5.74, 6) is 1.58. The molecule has 196 valence electrons. The molecule has 3 aliphatic rings. The normalized spacial score (nSPS) is 18.7. The largest absolute Gasteiger partial charge is 0.484 e. The van der Waals surface area contributed by atoms with Gasteiger partial charge in [-0.1, -0.05) is 18.2 Å². The fourth-order valence-electron chi connectivity index (χ4n) is 4.33. The van der Waals surface area contributed by atoms with E-state index < -0.39 is 6.09 Å². The van der Waals surface area contributed by atoms with Crippen LogP contribution in [0.15, 0.2) is 48.7 Å². The Balaban J connectivity index is 1.00. The van der Waals surface area contributed by atoms with Gasteiger partial charge in [0.05, 0.1) is 31.6 Å². The number of hydrogen-bond donors (Lipinski definition) is 2. The first-order valence-corrected chi connectivity index (χ1v) is 12.4. The van der Waals surface area contributed by atoms with Crippen molar-refractivity contribution in [2.24, 2.45) is 0 Å². The number of nitrogens with one attached hydrogen (secondary N) is 2. The number of benzene rings is 1. The molecule has 2 amide bonds. The van der Waals surface area contributed by atoms with E-state index in [1.807, 2.05) is 24.3 Å². The molecule has 3 aliphatic heterocycles. The van der Waals surface area contributed by atoms with Crippen molar-refractivity contribution in [3.05, 3.63) is 54.2 Å². The number of fused-ring (bicyclic) bond motifs is 1. The average molecular weight is 519 g/mol. The van der Waals surface area contributed by atoms with Crippen molar-refractivity contribution in [2.45, 2.75) is 25.2 Å². The molecule has 1 aromatic carbocycles. The second-order valence-electron chi connectivity index (χ2n) is 9.19. The molecule has 12 heteroatoms. The summed E-state index contributed by atoms with van der Waals surface area (Å²) in [7, 11) is 0. The summed E-state index contributed by atoms with van der Waals surface area (Å²) in [6, 6.07) is 13.3. The highest BCUT2D eigenvalue weighted by molar-refractivity contribution is 5.95. The fourth-order valence-corrected chi connectivity index (χ4v) is 4.33. The Morgan fingerprint density at radius 2 is 2.08 bits per heavy atom. The van der Waals surface area contributed by atoms with Crippen molar-refractivity contribution >= 4 is 23.6 Å². The van der Waals surface area contributed by atoms with Gasteiger partial charge in [0.25, 0.3) is 5.91 Å². The van der Waals surface area contributed by atoms with Crippen LogP contribution in [0.1, 0.15) is 12.0 Å². The van der Waals surface area contributed by atoms with Gasteiger partial charge in [0, 0.05) is 18.2 Å². The lowest BCUT2D eigenvalue weighted by Crippen LogP contribution is -2.38. The maximum Gasteiger partial charge on any atom is 0.415 e. The predicted molar refractivity (Wildman–Crippen MR) is 135 cm³/mol. The van der Waals surface area contributed by atoms with Gasteiger partial charge in [-0.05, 0) is 36.7 Å². The van der Waals surface area contributed by atoms with E-state index in [1.165, 1.54) is 4.90 Å². The van der Waals surface area contributed by atoms with Crippen molar-refractivity contribution in [1.82, 2.24) is 20.5 Å². The van der Waals surface area contributed by atoms with Crippen molar-refractivity contribution < 1.29 is 28.5 Å². The Morgan fingerprint density at radius 1 is 1.16 bits per heavy atom. The van der Waals surface area contributed by atoms with E-state index in [2.05, 4.69) is 31.9 Å². The number of hydrogen-bond acceptors (Lipinski definition) is 10. The molecule has 0 saturated carbocycles. The van der Waals surface area contributed by atoms with Crippen LogP contribution in [-0.2, 0) is 20.8 Å². The van der Waals surface area contributed by atoms with Crippen molar-refractivity contribution in [2.75, 3.05) is 43.1 Å². The molecule has 38 heavy (non-hydrogen) atoms. The molecule has 1 atom stereocenters. The van der Waals surface area contributed by atoms with Gasteiger partial charge in [-0.25, -0.2) is 9.78 Å². The first-order chi connectivity index (χ1) is 18.6. The molecule has 2 fully saturated rings. The highest BCUT2D eigenvalue weighted by atomic mass is 16.6. The van der Waals surface area contributed by atoms with Gasteiger partial charge in [0.2, 0.25) is 0 Å². The molecule has 3 aromatic rings. The van der Waals surface area contributed by atoms with Gasteiger partial charge < -0.3 is 29.6 Å². The topological polar surface area (TPSA) is 137 Å². The first kappa shape index (κ1) is 24.1. The minimum atomic E-state index is -0.463. The quantitative estimate of drug-likeness (QED) is 0.405. The number of amides is 2. The maximum absolute atomic E-state index is 12.4. The van der Waals surface area contributed by atoms with E-state index in [1.54, 1.807) is 18.3 Å². The minimum absolute atomic E-state index is 0.0496. The molecule has 5 heterocycles. The SMILES string of the molecule is O=C1COc2ccc(N3C[C@H](CCNCc4cccc(-c5cc(OC6COC6)cnn5)c4)OC3=O)nc2N1. The van der Waals surface area contributed by atoms with Gasteiger partial charge in [0.1, 0.15) is 23.8 Å². The second kappa shape index (κ2) is 10.6. The number of carbonyl (C=O) groups excluding carboxylic acids is 2. The van der Waals surface area contributed by atoms with Crippen LogP contribution in [0.2, 0.25) is 0 Å². The number of anilines is 2. The van der Waals surface area contributed by atoms with Gasteiger partial charge in [-0.3, -0.25) is 9.69 Å². The summed E-state index contributed by atoms with van der Waals surface area (Å²) in [5, 5.41) is 14.4. The molecular weight excluding hydrogens is 492 g/mol. The lowest BCUT2D eigenvalue weighted by atomic mass is 10.1. The number of ether oxygens (including phenoxy) is 4. The van der Waals surface area contributed by atoms with Crippen molar-refractivity contribution in [1.29, 1.82) is 0 Å². The van der Waals surface area contributed by atoms with Gasteiger partial charge in [-0.15, -0.1) is 0 Å². The fraction of sp³-hybridized carbons (Fsp3) is 0.346. The molecule has 6 rings (SSSR count). The van der Waals surface area contributed by atoms with E-state index in [0.29, 0.717) is 62.4 Å². The Bertz CT molecular complexity index is 1350. The van der Waals surface area contributed by atoms with Crippen LogP contribution < -0.4 is 25.0 Å². The van der Waals surface area contributed by atoms with Crippen molar-refractivity contribution in [3.63, 3.8) is 0 Å². The zero-order valence-electron chi connectivity index (χ0n) is 20.5. The van der Waals surface area contributed by atoms with E-state index in [-0.39, 0.29) is 24.7 Å². The van der Waals surface area contributed by atoms with E-state index in [9.17, 15) is 9.59 Å². The predicted octanol–water partition coefficient (Wildman–Crippen LogP) is 2.15. The van der Waals surface area contributed by atoms with Crippen LogP contribution >= 0.6 is 0 Å². The number of carbonyl (C=O) groups is 2. The van der Waals surface area contributed by atoms with Crippen LogP contribution in [0.5, 0.6) is 11.5 Å². The minimum Gasteiger partial charge on any atom is -0.484 e.